The highest BCUT2D eigenvalue weighted by molar-refractivity contribution is 5.90. The zero-order valence-corrected chi connectivity index (χ0v) is 13.5. The van der Waals surface area contributed by atoms with Crippen LogP contribution in [0.1, 0.15) is 38.5 Å². The van der Waals surface area contributed by atoms with Gasteiger partial charge in [0.05, 0.1) is 0 Å². The highest BCUT2D eigenvalue weighted by atomic mass is 35.5. The number of amides is 2. The van der Waals surface area contributed by atoms with Crippen molar-refractivity contribution in [2.45, 2.75) is 44.6 Å². The SMILES string of the molecule is CNC(=O)C1CCCCN1C(=O)C1CC12CCNCC2.Cl. The number of hydrogen-bond acceptors (Lipinski definition) is 3. The van der Waals surface area contributed by atoms with Crippen molar-refractivity contribution in [2.75, 3.05) is 26.7 Å². The van der Waals surface area contributed by atoms with Gasteiger partial charge in [-0.1, -0.05) is 0 Å². The first-order valence-corrected chi connectivity index (χ1v) is 7.91. The number of likely N-dealkylation sites (N-methyl/N-ethyl adjacent to an activating group) is 1. The highest BCUT2D eigenvalue weighted by Gasteiger charge is 2.59. The highest BCUT2D eigenvalue weighted by Crippen LogP contribution is 2.59. The zero-order valence-electron chi connectivity index (χ0n) is 12.7. The van der Waals surface area contributed by atoms with Crippen LogP contribution < -0.4 is 10.6 Å². The molecule has 120 valence electrons. The summed E-state index contributed by atoms with van der Waals surface area (Å²) in [5.74, 6) is 0.410. The van der Waals surface area contributed by atoms with Crippen molar-refractivity contribution in [2.24, 2.45) is 11.3 Å². The van der Waals surface area contributed by atoms with Crippen LogP contribution in [0.15, 0.2) is 0 Å². The summed E-state index contributed by atoms with van der Waals surface area (Å²) >= 11 is 0. The monoisotopic (exact) mass is 315 g/mol. The molecular formula is C15H26ClN3O2. The van der Waals surface area contributed by atoms with Gasteiger partial charge in [0, 0.05) is 19.5 Å². The first kappa shape index (κ1) is 16.6. The maximum absolute atomic E-state index is 12.8. The minimum absolute atomic E-state index is 0. The Labute approximate surface area is 132 Å². The molecule has 3 rings (SSSR count). The van der Waals surface area contributed by atoms with Gasteiger partial charge in [-0.25, -0.2) is 0 Å². The topological polar surface area (TPSA) is 61.4 Å². The molecule has 5 nitrogen and oxygen atoms in total. The van der Waals surface area contributed by atoms with E-state index in [0.29, 0.717) is 0 Å². The minimum atomic E-state index is -0.236. The molecular weight excluding hydrogens is 290 g/mol. The summed E-state index contributed by atoms with van der Waals surface area (Å²) in [6.45, 7) is 2.81. The zero-order chi connectivity index (χ0) is 14.2. The molecule has 21 heavy (non-hydrogen) atoms. The van der Waals surface area contributed by atoms with Gasteiger partial charge >= 0.3 is 0 Å². The number of piperidine rings is 2. The molecule has 2 saturated heterocycles. The van der Waals surface area contributed by atoms with Crippen molar-refractivity contribution in [3.8, 4) is 0 Å². The fourth-order valence-electron chi connectivity index (χ4n) is 4.01. The molecule has 0 radical (unpaired) electrons. The number of carbonyl (C=O) groups excluding carboxylic acids is 2. The van der Waals surface area contributed by atoms with E-state index in [4.69, 9.17) is 0 Å². The van der Waals surface area contributed by atoms with Crippen molar-refractivity contribution in [3.63, 3.8) is 0 Å². The van der Waals surface area contributed by atoms with Crippen molar-refractivity contribution in [1.82, 2.24) is 15.5 Å². The minimum Gasteiger partial charge on any atom is -0.357 e. The number of halogens is 1. The van der Waals surface area contributed by atoms with Crippen LogP contribution >= 0.6 is 12.4 Å². The molecule has 6 heteroatoms. The van der Waals surface area contributed by atoms with Crippen LogP contribution in [-0.2, 0) is 9.59 Å². The summed E-state index contributed by atoms with van der Waals surface area (Å²) in [5.41, 5.74) is 0.257. The number of likely N-dealkylation sites (tertiary alicyclic amines) is 1. The summed E-state index contributed by atoms with van der Waals surface area (Å²) < 4.78 is 0. The second kappa shape index (κ2) is 6.53. The summed E-state index contributed by atoms with van der Waals surface area (Å²) in [6.07, 6.45) is 6.14. The van der Waals surface area contributed by atoms with E-state index in [1.54, 1.807) is 7.05 Å². The molecule has 1 aliphatic carbocycles. The van der Waals surface area contributed by atoms with Gasteiger partial charge in [0.1, 0.15) is 6.04 Å². The van der Waals surface area contributed by atoms with Crippen LogP contribution in [0.2, 0.25) is 0 Å². The van der Waals surface area contributed by atoms with Gasteiger partial charge in [-0.2, -0.15) is 0 Å². The molecule has 3 aliphatic rings. The Hall–Kier alpha value is -0.810. The standard InChI is InChI=1S/C15H25N3O2.ClH/c1-16-13(19)12-4-2-3-9-18(12)14(20)11-10-15(11)5-7-17-8-6-15;/h11-12,17H,2-10H2,1H3,(H,16,19);1H. The van der Waals surface area contributed by atoms with Crippen LogP contribution in [0, 0.1) is 11.3 Å². The van der Waals surface area contributed by atoms with E-state index < -0.39 is 0 Å². The number of nitrogens with one attached hydrogen (secondary N) is 2. The summed E-state index contributed by atoms with van der Waals surface area (Å²) in [6, 6.07) is -0.236. The molecule has 0 bridgehead atoms. The van der Waals surface area contributed by atoms with Crippen molar-refractivity contribution in [1.29, 1.82) is 0 Å². The third-order valence-corrected chi connectivity index (χ3v) is 5.42. The van der Waals surface area contributed by atoms with E-state index in [2.05, 4.69) is 10.6 Å². The first-order chi connectivity index (χ1) is 9.68. The van der Waals surface area contributed by atoms with Gasteiger partial charge < -0.3 is 15.5 Å². The van der Waals surface area contributed by atoms with Crippen LogP contribution in [-0.4, -0.2) is 49.4 Å². The smallest absolute Gasteiger partial charge is 0.242 e. The lowest BCUT2D eigenvalue weighted by Crippen LogP contribution is -2.52. The lowest BCUT2D eigenvalue weighted by atomic mass is 9.91. The maximum Gasteiger partial charge on any atom is 0.242 e. The molecule has 2 N–H and O–H groups in total. The quantitative estimate of drug-likeness (QED) is 0.797. The Morgan fingerprint density at radius 1 is 1.24 bits per heavy atom. The van der Waals surface area contributed by atoms with Crippen LogP contribution in [0.5, 0.6) is 0 Å². The van der Waals surface area contributed by atoms with Gasteiger partial charge in [0.2, 0.25) is 11.8 Å². The van der Waals surface area contributed by atoms with E-state index >= 15 is 0 Å². The van der Waals surface area contributed by atoms with Crippen molar-refractivity contribution < 1.29 is 9.59 Å². The molecule has 2 heterocycles. The van der Waals surface area contributed by atoms with Crippen molar-refractivity contribution >= 4 is 24.2 Å². The van der Waals surface area contributed by atoms with E-state index in [-0.39, 0.29) is 41.6 Å². The second-order valence-corrected chi connectivity index (χ2v) is 6.53. The van der Waals surface area contributed by atoms with Crippen molar-refractivity contribution in [3.05, 3.63) is 0 Å². The predicted octanol–water partition coefficient (Wildman–Crippen LogP) is 0.925. The molecule has 0 aromatic heterocycles. The number of carbonyl (C=O) groups is 2. The molecule has 3 fully saturated rings. The average Bonchev–Trinajstić information content (AvgIpc) is 3.19. The van der Waals surface area contributed by atoms with E-state index in [1.807, 2.05) is 4.90 Å². The fourth-order valence-corrected chi connectivity index (χ4v) is 4.01. The molecule has 2 aliphatic heterocycles. The van der Waals surface area contributed by atoms with E-state index in [0.717, 1.165) is 58.2 Å². The predicted molar refractivity (Wildman–Crippen MR) is 83.3 cm³/mol. The molecule has 2 atom stereocenters. The summed E-state index contributed by atoms with van der Waals surface area (Å²) in [7, 11) is 1.66. The maximum atomic E-state index is 12.8. The van der Waals surface area contributed by atoms with E-state index in [1.165, 1.54) is 0 Å². The van der Waals surface area contributed by atoms with Gasteiger partial charge in [-0.15, -0.1) is 12.4 Å². The lowest BCUT2D eigenvalue weighted by molar-refractivity contribution is -0.143. The Balaban J connectivity index is 0.00000161. The molecule has 0 aromatic rings. The summed E-state index contributed by atoms with van der Waals surface area (Å²) in [5, 5.41) is 6.07. The van der Waals surface area contributed by atoms with Gasteiger partial charge in [0.15, 0.2) is 0 Å². The Morgan fingerprint density at radius 3 is 2.62 bits per heavy atom. The van der Waals surface area contributed by atoms with Gasteiger partial charge in [0.25, 0.3) is 0 Å². The molecule has 2 unspecified atom stereocenters. The number of nitrogens with zero attached hydrogens (tertiary/aromatic N) is 1. The molecule has 0 aromatic carbocycles. The third kappa shape index (κ3) is 3.04. The Morgan fingerprint density at radius 2 is 1.95 bits per heavy atom. The Bertz CT molecular complexity index is 410. The Kier molecular flexibility index (Phi) is 5.15. The second-order valence-electron chi connectivity index (χ2n) is 6.53. The van der Waals surface area contributed by atoms with E-state index in [9.17, 15) is 9.59 Å². The largest absolute Gasteiger partial charge is 0.357 e. The first-order valence-electron chi connectivity index (χ1n) is 7.91. The normalized spacial score (nSPS) is 30.4. The van der Waals surface area contributed by atoms with Gasteiger partial charge in [-0.3, -0.25) is 9.59 Å². The number of hydrogen-bond donors (Lipinski definition) is 2. The van der Waals surface area contributed by atoms with Gasteiger partial charge in [-0.05, 0) is 57.0 Å². The van der Waals surface area contributed by atoms with Crippen LogP contribution in [0.4, 0.5) is 0 Å². The van der Waals surface area contributed by atoms with Crippen LogP contribution in [0.25, 0.3) is 0 Å². The molecule has 1 saturated carbocycles. The lowest BCUT2D eigenvalue weighted by Gasteiger charge is -2.35. The fraction of sp³-hybridized carbons (Fsp3) is 0.867. The average molecular weight is 316 g/mol. The van der Waals surface area contributed by atoms with Crippen LogP contribution in [0.3, 0.4) is 0 Å². The number of rotatable bonds is 2. The summed E-state index contributed by atoms with van der Waals surface area (Å²) in [4.78, 5) is 26.6. The molecule has 1 spiro atoms. The molecule has 2 amide bonds. The third-order valence-electron chi connectivity index (χ3n) is 5.42.